The maximum absolute atomic E-state index is 13.6. The van der Waals surface area contributed by atoms with E-state index in [-0.39, 0.29) is 18.6 Å². The van der Waals surface area contributed by atoms with Crippen LogP contribution in [0.5, 0.6) is 5.75 Å². The fourth-order valence-electron chi connectivity index (χ4n) is 3.51. The second-order valence-electron chi connectivity index (χ2n) is 8.41. The van der Waals surface area contributed by atoms with Gasteiger partial charge in [-0.05, 0) is 39.3 Å². The molecule has 11 nitrogen and oxygen atoms in total. The van der Waals surface area contributed by atoms with Crippen molar-refractivity contribution in [1.29, 1.82) is 0 Å². The van der Waals surface area contributed by atoms with Crippen LogP contribution in [-0.4, -0.2) is 40.4 Å². The molecular formula is C22H30N3O8P. The number of carbonyl (C=O) groups is 1. The number of nitrogens with zero attached hydrogens (tertiary/aromatic N) is 1. The maximum atomic E-state index is 13.6. The monoisotopic (exact) mass is 495 g/mol. The molecule has 0 radical (unpaired) electrons. The Labute approximate surface area is 197 Å². The first-order valence-corrected chi connectivity index (χ1v) is 12.5. The molecule has 1 saturated heterocycles. The highest BCUT2D eigenvalue weighted by Gasteiger charge is 2.38. The van der Waals surface area contributed by atoms with Crippen LogP contribution in [0.4, 0.5) is 0 Å². The van der Waals surface area contributed by atoms with E-state index in [2.05, 4.69) is 10.1 Å². The predicted octanol–water partition coefficient (Wildman–Crippen LogP) is 2.59. The molecule has 186 valence electrons. The molecule has 2 heterocycles. The average Bonchev–Trinajstić information content (AvgIpc) is 3.13. The van der Waals surface area contributed by atoms with Gasteiger partial charge < -0.3 is 14.0 Å². The standard InChI is InChI=1S/C22H30N3O8P/c1-14(2)31-21(27)16(4)24-34(29,33-17-8-6-5-7-9-17)30-13-18-12-15(3)20(32-18)25-11-10-19(26)23-22(25)28/h5-11,14-16,18,20H,12-13H2,1-4H3,(H,24,29)(H,23,26,28)/t15-,16?,18?,20?,34-/m0/s1. The number of benzene rings is 1. The molecule has 3 unspecified atom stereocenters. The average molecular weight is 495 g/mol. The Morgan fingerprint density at radius 1 is 1.24 bits per heavy atom. The molecule has 0 saturated carbocycles. The quantitative estimate of drug-likeness (QED) is 0.376. The van der Waals surface area contributed by atoms with E-state index in [0.29, 0.717) is 12.2 Å². The van der Waals surface area contributed by atoms with E-state index in [1.54, 1.807) is 44.2 Å². The van der Waals surface area contributed by atoms with Crippen LogP contribution in [0.2, 0.25) is 0 Å². The Morgan fingerprint density at radius 3 is 2.59 bits per heavy atom. The van der Waals surface area contributed by atoms with E-state index in [1.807, 2.05) is 6.92 Å². The number of aromatic amines is 1. The number of hydrogen-bond acceptors (Lipinski definition) is 8. The lowest BCUT2D eigenvalue weighted by molar-refractivity contribution is -0.149. The third-order valence-electron chi connectivity index (χ3n) is 5.04. The SMILES string of the molecule is CC(C)OC(=O)C(C)N[P@](=O)(OCC1C[C@H](C)C(n2ccc(=O)[nH]c2=O)O1)Oc1ccccc1. The summed E-state index contributed by atoms with van der Waals surface area (Å²) < 4.78 is 37.3. The number of carbonyl (C=O) groups excluding carboxylic acids is 1. The minimum atomic E-state index is -4.02. The summed E-state index contributed by atoms with van der Waals surface area (Å²) in [5, 5.41) is 2.63. The summed E-state index contributed by atoms with van der Waals surface area (Å²) in [5.41, 5.74) is -1.08. The number of aromatic nitrogens is 2. The molecule has 0 bridgehead atoms. The molecule has 0 aliphatic carbocycles. The topological polar surface area (TPSA) is 138 Å². The summed E-state index contributed by atoms with van der Waals surface area (Å²) in [4.78, 5) is 37.9. The van der Waals surface area contributed by atoms with Crippen molar-refractivity contribution < 1.29 is 27.9 Å². The van der Waals surface area contributed by atoms with Gasteiger partial charge in [-0.3, -0.25) is 23.7 Å². The minimum absolute atomic E-state index is 0.0838. The molecule has 1 aliphatic rings. The van der Waals surface area contributed by atoms with Gasteiger partial charge in [0.2, 0.25) is 0 Å². The highest BCUT2D eigenvalue weighted by atomic mass is 31.2. The Morgan fingerprint density at radius 2 is 1.94 bits per heavy atom. The number of esters is 1. The van der Waals surface area contributed by atoms with Crippen LogP contribution in [0.25, 0.3) is 0 Å². The minimum Gasteiger partial charge on any atom is -0.462 e. The Kier molecular flexibility index (Phi) is 8.48. The highest BCUT2D eigenvalue weighted by Crippen LogP contribution is 2.46. The van der Waals surface area contributed by atoms with E-state index in [9.17, 15) is 18.9 Å². The third kappa shape index (κ3) is 6.89. The zero-order valence-corrected chi connectivity index (χ0v) is 20.4. The number of ether oxygens (including phenoxy) is 2. The predicted molar refractivity (Wildman–Crippen MR) is 123 cm³/mol. The van der Waals surface area contributed by atoms with Crippen molar-refractivity contribution in [2.45, 2.75) is 58.6 Å². The number of para-hydroxylation sites is 1. The van der Waals surface area contributed by atoms with Crippen LogP contribution in [0, 0.1) is 5.92 Å². The van der Waals surface area contributed by atoms with Gasteiger partial charge in [0.1, 0.15) is 18.0 Å². The van der Waals surface area contributed by atoms with Crippen LogP contribution in [-0.2, 0) is 23.4 Å². The van der Waals surface area contributed by atoms with Gasteiger partial charge >= 0.3 is 19.4 Å². The first kappa shape index (κ1) is 25.9. The van der Waals surface area contributed by atoms with E-state index in [0.717, 1.165) is 0 Å². The second kappa shape index (κ2) is 11.1. The van der Waals surface area contributed by atoms with Gasteiger partial charge in [-0.15, -0.1) is 0 Å². The van der Waals surface area contributed by atoms with E-state index < -0.39 is 43.3 Å². The molecule has 0 amide bonds. The van der Waals surface area contributed by atoms with E-state index in [4.69, 9.17) is 18.5 Å². The fourth-order valence-corrected chi connectivity index (χ4v) is 5.03. The zero-order chi connectivity index (χ0) is 24.9. The van der Waals surface area contributed by atoms with Crippen molar-refractivity contribution in [1.82, 2.24) is 14.6 Å². The van der Waals surface area contributed by atoms with Crippen molar-refractivity contribution in [3.63, 3.8) is 0 Å². The fraction of sp³-hybridized carbons (Fsp3) is 0.500. The van der Waals surface area contributed by atoms with Crippen LogP contribution in [0.3, 0.4) is 0 Å². The van der Waals surface area contributed by atoms with Gasteiger partial charge in [-0.25, -0.2) is 9.36 Å². The van der Waals surface area contributed by atoms with Gasteiger partial charge in [0, 0.05) is 18.2 Å². The lowest BCUT2D eigenvalue weighted by atomic mass is 10.1. The summed E-state index contributed by atoms with van der Waals surface area (Å²) in [5.74, 6) is -0.389. The Hall–Kier alpha value is -2.72. The van der Waals surface area contributed by atoms with Crippen LogP contribution in [0.1, 0.15) is 40.3 Å². The smallest absolute Gasteiger partial charge is 0.459 e. The molecule has 2 N–H and O–H groups in total. The third-order valence-corrected chi connectivity index (χ3v) is 6.68. The largest absolute Gasteiger partial charge is 0.462 e. The maximum Gasteiger partial charge on any atom is 0.459 e. The van der Waals surface area contributed by atoms with Crippen molar-refractivity contribution in [3.8, 4) is 5.75 Å². The number of hydrogen-bond donors (Lipinski definition) is 2. The molecule has 2 aromatic rings. The lowest BCUT2D eigenvalue weighted by Crippen LogP contribution is -2.36. The summed E-state index contributed by atoms with van der Waals surface area (Å²) in [6.07, 6.45) is 0.408. The first-order chi connectivity index (χ1) is 16.1. The zero-order valence-electron chi connectivity index (χ0n) is 19.5. The normalized spacial score (nSPS) is 22.8. The molecule has 12 heteroatoms. The van der Waals surface area contributed by atoms with Crippen LogP contribution >= 0.6 is 7.75 Å². The van der Waals surface area contributed by atoms with E-state index in [1.165, 1.54) is 23.8 Å². The molecule has 0 spiro atoms. The van der Waals surface area contributed by atoms with Crippen LogP contribution < -0.4 is 20.9 Å². The van der Waals surface area contributed by atoms with Gasteiger partial charge in [0.15, 0.2) is 0 Å². The summed E-state index contributed by atoms with van der Waals surface area (Å²) in [7, 11) is -4.02. The lowest BCUT2D eigenvalue weighted by Gasteiger charge is -2.24. The van der Waals surface area contributed by atoms with Gasteiger partial charge in [0.05, 0.1) is 18.8 Å². The molecule has 34 heavy (non-hydrogen) atoms. The number of rotatable bonds is 10. The van der Waals surface area contributed by atoms with Crippen molar-refractivity contribution in [2.24, 2.45) is 5.92 Å². The van der Waals surface area contributed by atoms with Gasteiger partial charge in [0.25, 0.3) is 5.56 Å². The van der Waals surface area contributed by atoms with Gasteiger partial charge in [-0.2, -0.15) is 5.09 Å². The molecule has 1 fully saturated rings. The molecule has 1 aromatic heterocycles. The Balaban J connectivity index is 1.71. The molecule has 1 aliphatic heterocycles. The summed E-state index contributed by atoms with van der Waals surface area (Å²) >= 11 is 0. The summed E-state index contributed by atoms with van der Waals surface area (Å²) in [6, 6.07) is 8.71. The highest BCUT2D eigenvalue weighted by molar-refractivity contribution is 7.52. The van der Waals surface area contributed by atoms with Crippen molar-refractivity contribution in [2.75, 3.05) is 6.61 Å². The van der Waals surface area contributed by atoms with E-state index >= 15 is 0 Å². The molecule has 3 rings (SSSR count). The number of nitrogens with one attached hydrogen (secondary N) is 2. The van der Waals surface area contributed by atoms with Gasteiger partial charge in [-0.1, -0.05) is 25.1 Å². The van der Waals surface area contributed by atoms with Crippen molar-refractivity contribution >= 4 is 13.7 Å². The first-order valence-electron chi connectivity index (χ1n) is 11.0. The second-order valence-corrected chi connectivity index (χ2v) is 10.1. The van der Waals surface area contributed by atoms with Crippen molar-refractivity contribution in [3.05, 3.63) is 63.4 Å². The summed E-state index contributed by atoms with van der Waals surface area (Å²) in [6.45, 7) is 6.70. The van der Waals surface area contributed by atoms with Crippen LogP contribution in [0.15, 0.2) is 52.2 Å². The molecule has 1 aromatic carbocycles. The number of H-pyrrole nitrogens is 1. The molecule has 5 atom stereocenters. The molecular weight excluding hydrogens is 465 g/mol. The Bertz CT molecular complexity index is 1130.